The first kappa shape index (κ1) is 14.3. The molecule has 7 heteroatoms. The lowest BCUT2D eigenvalue weighted by atomic mass is 10.0. The summed E-state index contributed by atoms with van der Waals surface area (Å²) in [6, 6.07) is -0.440. The molecule has 1 rings (SSSR count). The maximum absolute atomic E-state index is 11.9. The molecule has 7 nitrogen and oxygen atoms in total. The summed E-state index contributed by atoms with van der Waals surface area (Å²) in [4.78, 5) is 34.7. The molecule has 0 aliphatic carbocycles. The van der Waals surface area contributed by atoms with Crippen molar-refractivity contribution in [1.29, 1.82) is 0 Å². The minimum Gasteiger partial charge on any atom is -0.469 e. The third-order valence-corrected chi connectivity index (χ3v) is 2.36. The summed E-state index contributed by atoms with van der Waals surface area (Å²) in [6.07, 6.45) is 0.0337. The number of carbonyl (C=O) groups excluding carboxylic acids is 3. The van der Waals surface area contributed by atoms with Crippen LogP contribution in [0, 0.1) is 5.92 Å². The van der Waals surface area contributed by atoms with E-state index in [-0.39, 0.29) is 18.9 Å². The molecule has 0 saturated carbocycles. The van der Waals surface area contributed by atoms with Crippen molar-refractivity contribution >= 4 is 17.9 Å². The van der Waals surface area contributed by atoms with Gasteiger partial charge in [-0.1, -0.05) is 0 Å². The molecule has 2 N–H and O–H groups in total. The van der Waals surface area contributed by atoms with E-state index in [9.17, 15) is 14.4 Å². The Morgan fingerprint density at radius 3 is 2.56 bits per heavy atom. The molecule has 0 spiro atoms. The Labute approximate surface area is 106 Å². The van der Waals surface area contributed by atoms with Crippen LogP contribution in [-0.2, 0) is 14.3 Å². The summed E-state index contributed by atoms with van der Waals surface area (Å²) in [7, 11) is 1.26. The molecule has 0 aromatic carbocycles. The quantitative estimate of drug-likeness (QED) is 0.648. The Bertz CT molecular complexity index is 362. The number of methoxy groups -OCH3 is 1. The van der Waals surface area contributed by atoms with Gasteiger partial charge in [0.05, 0.1) is 19.6 Å². The van der Waals surface area contributed by atoms with Crippen LogP contribution in [0.25, 0.3) is 0 Å². The number of nitrogens with zero attached hydrogens (tertiary/aromatic N) is 1. The third-order valence-electron chi connectivity index (χ3n) is 2.36. The lowest BCUT2D eigenvalue weighted by molar-refractivity contribution is -0.151. The largest absolute Gasteiger partial charge is 0.469 e. The van der Waals surface area contributed by atoms with Crippen LogP contribution in [0.1, 0.15) is 27.2 Å². The van der Waals surface area contributed by atoms with Crippen molar-refractivity contribution < 1.29 is 19.1 Å². The number of rotatable bonds is 1. The van der Waals surface area contributed by atoms with Crippen molar-refractivity contribution in [2.45, 2.75) is 32.7 Å². The van der Waals surface area contributed by atoms with Crippen LogP contribution in [0.5, 0.6) is 0 Å². The van der Waals surface area contributed by atoms with E-state index < -0.39 is 23.5 Å². The lowest BCUT2D eigenvalue weighted by Gasteiger charge is -2.33. The van der Waals surface area contributed by atoms with Gasteiger partial charge in [-0.15, -0.1) is 0 Å². The van der Waals surface area contributed by atoms with E-state index >= 15 is 0 Å². The Morgan fingerprint density at radius 2 is 2.06 bits per heavy atom. The van der Waals surface area contributed by atoms with Crippen LogP contribution in [0.4, 0.5) is 4.79 Å². The Balaban J connectivity index is 2.69. The minimum absolute atomic E-state index is 0.0337. The lowest BCUT2D eigenvalue weighted by Crippen LogP contribution is -2.59. The number of esters is 1. The SMILES string of the molecule is COC(=O)C1CC(=O)NN(C(=O)NC(C)(C)C)C1. The van der Waals surface area contributed by atoms with Crippen LogP contribution >= 0.6 is 0 Å². The Morgan fingerprint density at radius 1 is 1.44 bits per heavy atom. The summed E-state index contributed by atoms with van der Waals surface area (Å²) >= 11 is 0. The highest BCUT2D eigenvalue weighted by Crippen LogP contribution is 2.13. The average Bonchev–Trinajstić information content (AvgIpc) is 2.24. The van der Waals surface area contributed by atoms with Crippen LogP contribution in [0.15, 0.2) is 0 Å². The smallest absolute Gasteiger partial charge is 0.336 e. The van der Waals surface area contributed by atoms with Gasteiger partial charge in [-0.05, 0) is 20.8 Å². The molecule has 0 aromatic heterocycles. The van der Waals surface area contributed by atoms with Gasteiger partial charge in [0.2, 0.25) is 5.91 Å². The van der Waals surface area contributed by atoms with Gasteiger partial charge in [-0.3, -0.25) is 15.0 Å². The van der Waals surface area contributed by atoms with Gasteiger partial charge in [0.1, 0.15) is 0 Å². The van der Waals surface area contributed by atoms with E-state index in [1.54, 1.807) is 0 Å². The number of hydrogen-bond acceptors (Lipinski definition) is 4. The molecule has 1 heterocycles. The molecular weight excluding hydrogens is 238 g/mol. The topological polar surface area (TPSA) is 87.7 Å². The van der Waals surface area contributed by atoms with Gasteiger partial charge in [0, 0.05) is 12.0 Å². The Hall–Kier alpha value is -1.79. The highest BCUT2D eigenvalue weighted by Gasteiger charge is 2.34. The zero-order valence-electron chi connectivity index (χ0n) is 11.1. The van der Waals surface area contributed by atoms with E-state index in [1.807, 2.05) is 20.8 Å². The van der Waals surface area contributed by atoms with Gasteiger partial charge in [-0.2, -0.15) is 0 Å². The van der Waals surface area contributed by atoms with E-state index in [2.05, 4.69) is 15.5 Å². The van der Waals surface area contributed by atoms with Gasteiger partial charge in [0.15, 0.2) is 0 Å². The van der Waals surface area contributed by atoms with Gasteiger partial charge < -0.3 is 10.1 Å². The van der Waals surface area contributed by atoms with Gasteiger partial charge in [0.25, 0.3) is 0 Å². The molecule has 1 aliphatic heterocycles. The van der Waals surface area contributed by atoms with Crippen molar-refractivity contribution in [3.05, 3.63) is 0 Å². The maximum atomic E-state index is 11.9. The maximum Gasteiger partial charge on any atom is 0.336 e. The molecule has 0 aromatic rings. The van der Waals surface area contributed by atoms with Crippen LogP contribution in [0.2, 0.25) is 0 Å². The van der Waals surface area contributed by atoms with Crippen LogP contribution in [-0.4, -0.2) is 42.1 Å². The van der Waals surface area contributed by atoms with Gasteiger partial charge in [-0.25, -0.2) is 9.80 Å². The summed E-state index contributed by atoms with van der Waals surface area (Å²) in [5, 5.41) is 3.82. The van der Waals surface area contributed by atoms with E-state index in [4.69, 9.17) is 0 Å². The fourth-order valence-corrected chi connectivity index (χ4v) is 1.60. The number of urea groups is 1. The highest BCUT2D eigenvalue weighted by molar-refractivity contribution is 5.87. The molecule has 18 heavy (non-hydrogen) atoms. The summed E-state index contributed by atoms with van der Waals surface area (Å²) in [6.45, 7) is 5.59. The second kappa shape index (κ2) is 5.24. The van der Waals surface area contributed by atoms with Crippen LogP contribution < -0.4 is 10.7 Å². The highest BCUT2D eigenvalue weighted by atomic mass is 16.5. The summed E-state index contributed by atoms with van der Waals surface area (Å²) in [5.41, 5.74) is 2.01. The fourth-order valence-electron chi connectivity index (χ4n) is 1.60. The Kier molecular flexibility index (Phi) is 4.15. The second-order valence-electron chi connectivity index (χ2n) is 5.25. The van der Waals surface area contributed by atoms with Crippen LogP contribution in [0.3, 0.4) is 0 Å². The zero-order valence-corrected chi connectivity index (χ0v) is 11.1. The first-order valence-corrected chi connectivity index (χ1v) is 5.70. The number of amides is 3. The summed E-state index contributed by atoms with van der Waals surface area (Å²) < 4.78 is 4.59. The first-order valence-electron chi connectivity index (χ1n) is 5.70. The summed E-state index contributed by atoms with van der Waals surface area (Å²) in [5.74, 6) is -1.48. The molecule has 1 unspecified atom stereocenters. The van der Waals surface area contributed by atoms with E-state index in [0.29, 0.717) is 0 Å². The first-order chi connectivity index (χ1) is 8.23. The number of ether oxygens (including phenoxy) is 1. The molecule has 0 bridgehead atoms. The zero-order chi connectivity index (χ0) is 13.9. The number of nitrogens with one attached hydrogen (secondary N) is 2. The molecular formula is C11H19N3O4. The predicted octanol–water partition coefficient (Wildman–Crippen LogP) is 0.0206. The van der Waals surface area contributed by atoms with Crippen molar-refractivity contribution in [2.24, 2.45) is 5.92 Å². The third kappa shape index (κ3) is 3.90. The normalized spacial score (nSPS) is 20.1. The molecule has 0 radical (unpaired) electrons. The second-order valence-corrected chi connectivity index (χ2v) is 5.25. The number of hydrazine groups is 1. The fraction of sp³-hybridized carbons (Fsp3) is 0.727. The molecule has 102 valence electrons. The minimum atomic E-state index is -0.616. The average molecular weight is 257 g/mol. The van der Waals surface area contributed by atoms with E-state index in [0.717, 1.165) is 5.01 Å². The van der Waals surface area contributed by atoms with Crippen molar-refractivity contribution in [3.8, 4) is 0 Å². The number of hydrogen-bond donors (Lipinski definition) is 2. The number of carbonyl (C=O) groups is 3. The monoisotopic (exact) mass is 257 g/mol. The predicted molar refractivity (Wildman–Crippen MR) is 63.3 cm³/mol. The van der Waals surface area contributed by atoms with Crippen molar-refractivity contribution in [1.82, 2.24) is 15.8 Å². The molecule has 3 amide bonds. The standard InChI is InChI=1S/C11H19N3O4/c1-11(2,3)12-10(17)14-6-7(9(16)18-4)5-8(15)13-14/h7H,5-6H2,1-4H3,(H,12,17)(H,13,15). The van der Waals surface area contributed by atoms with Crippen molar-refractivity contribution in [2.75, 3.05) is 13.7 Å². The van der Waals surface area contributed by atoms with Gasteiger partial charge >= 0.3 is 12.0 Å². The molecule has 1 atom stereocenters. The van der Waals surface area contributed by atoms with E-state index in [1.165, 1.54) is 7.11 Å². The molecule has 1 fully saturated rings. The van der Waals surface area contributed by atoms with Crippen molar-refractivity contribution in [3.63, 3.8) is 0 Å². The molecule has 1 saturated heterocycles. The molecule has 1 aliphatic rings.